The van der Waals surface area contributed by atoms with Crippen molar-refractivity contribution in [3.8, 4) is 0 Å². The standard InChI is InChI=1S/C10H9Cl2N/c1-6-4-9(12)8(5-11)7-2-3-13-10(6)7/h2-4,13H,5H2,1H3. The molecule has 0 aliphatic rings. The summed E-state index contributed by atoms with van der Waals surface area (Å²) in [5.41, 5.74) is 3.28. The fourth-order valence-electron chi connectivity index (χ4n) is 1.56. The molecule has 2 aromatic rings. The van der Waals surface area contributed by atoms with Crippen LogP contribution in [-0.2, 0) is 5.88 Å². The van der Waals surface area contributed by atoms with E-state index in [-0.39, 0.29) is 0 Å². The molecule has 0 unspecified atom stereocenters. The molecular weight excluding hydrogens is 205 g/mol. The average molecular weight is 214 g/mol. The van der Waals surface area contributed by atoms with Crippen molar-refractivity contribution < 1.29 is 0 Å². The summed E-state index contributed by atoms with van der Waals surface area (Å²) < 4.78 is 0. The number of fused-ring (bicyclic) bond motifs is 1. The Morgan fingerprint density at radius 2 is 2.23 bits per heavy atom. The van der Waals surface area contributed by atoms with Gasteiger partial charge in [0.25, 0.3) is 0 Å². The maximum atomic E-state index is 6.07. The first-order chi connectivity index (χ1) is 6.24. The van der Waals surface area contributed by atoms with Gasteiger partial charge in [0.2, 0.25) is 0 Å². The van der Waals surface area contributed by atoms with Crippen molar-refractivity contribution in [3.05, 3.63) is 34.5 Å². The Kier molecular flexibility index (Phi) is 2.22. The molecule has 1 nitrogen and oxygen atoms in total. The van der Waals surface area contributed by atoms with Crippen LogP contribution in [0.2, 0.25) is 5.02 Å². The molecule has 1 heterocycles. The summed E-state index contributed by atoms with van der Waals surface area (Å²) in [5, 5.41) is 1.87. The van der Waals surface area contributed by atoms with E-state index in [2.05, 4.69) is 4.98 Å². The zero-order valence-electron chi connectivity index (χ0n) is 7.20. The van der Waals surface area contributed by atoms with Crippen LogP contribution in [-0.4, -0.2) is 4.98 Å². The zero-order chi connectivity index (χ0) is 9.42. The van der Waals surface area contributed by atoms with Crippen molar-refractivity contribution in [1.29, 1.82) is 0 Å². The quantitative estimate of drug-likeness (QED) is 0.693. The number of hydrogen-bond acceptors (Lipinski definition) is 0. The van der Waals surface area contributed by atoms with E-state index < -0.39 is 0 Å². The van der Waals surface area contributed by atoms with Crippen molar-refractivity contribution in [1.82, 2.24) is 4.98 Å². The van der Waals surface area contributed by atoms with Crippen LogP contribution >= 0.6 is 23.2 Å². The molecule has 0 radical (unpaired) electrons. The highest BCUT2D eigenvalue weighted by molar-refractivity contribution is 6.33. The maximum absolute atomic E-state index is 6.07. The summed E-state index contributed by atoms with van der Waals surface area (Å²) in [4.78, 5) is 3.17. The maximum Gasteiger partial charge on any atom is 0.0495 e. The predicted octanol–water partition coefficient (Wildman–Crippen LogP) is 3.87. The van der Waals surface area contributed by atoms with E-state index in [1.807, 2.05) is 25.3 Å². The molecule has 68 valence electrons. The Hall–Kier alpha value is -0.660. The second-order valence-electron chi connectivity index (χ2n) is 3.05. The zero-order valence-corrected chi connectivity index (χ0v) is 8.71. The number of aromatic nitrogens is 1. The van der Waals surface area contributed by atoms with Crippen LogP contribution in [0.1, 0.15) is 11.1 Å². The summed E-state index contributed by atoms with van der Waals surface area (Å²) in [6.45, 7) is 2.03. The second-order valence-corrected chi connectivity index (χ2v) is 3.73. The Labute approximate surface area is 86.7 Å². The molecule has 0 aliphatic heterocycles. The third-order valence-electron chi connectivity index (χ3n) is 2.23. The van der Waals surface area contributed by atoms with Gasteiger partial charge in [0.15, 0.2) is 0 Å². The van der Waals surface area contributed by atoms with Crippen molar-refractivity contribution >= 4 is 34.1 Å². The summed E-state index contributed by atoms with van der Waals surface area (Å²) in [7, 11) is 0. The molecule has 0 saturated heterocycles. The van der Waals surface area contributed by atoms with Gasteiger partial charge in [-0.25, -0.2) is 0 Å². The minimum Gasteiger partial charge on any atom is -0.361 e. The van der Waals surface area contributed by atoms with E-state index in [1.165, 1.54) is 0 Å². The van der Waals surface area contributed by atoms with Gasteiger partial charge in [0, 0.05) is 28.0 Å². The van der Waals surface area contributed by atoms with Gasteiger partial charge in [-0.05, 0) is 30.2 Å². The molecule has 1 aromatic carbocycles. The first kappa shape index (κ1) is 8.92. The van der Waals surface area contributed by atoms with Gasteiger partial charge >= 0.3 is 0 Å². The lowest BCUT2D eigenvalue weighted by atomic mass is 10.1. The van der Waals surface area contributed by atoms with Crippen molar-refractivity contribution in [2.75, 3.05) is 0 Å². The Balaban J connectivity index is 2.88. The lowest BCUT2D eigenvalue weighted by molar-refractivity contribution is 1.38. The SMILES string of the molecule is Cc1cc(Cl)c(CCl)c2cc[nH]c12. The van der Waals surface area contributed by atoms with Gasteiger partial charge in [0.1, 0.15) is 0 Å². The molecule has 0 amide bonds. The smallest absolute Gasteiger partial charge is 0.0495 e. The first-order valence-corrected chi connectivity index (χ1v) is 4.96. The number of H-pyrrole nitrogens is 1. The van der Waals surface area contributed by atoms with E-state index >= 15 is 0 Å². The van der Waals surface area contributed by atoms with Crippen LogP contribution in [0.4, 0.5) is 0 Å². The number of hydrogen-bond donors (Lipinski definition) is 1. The Bertz CT molecular complexity index is 445. The van der Waals surface area contributed by atoms with Gasteiger partial charge < -0.3 is 4.98 Å². The molecule has 13 heavy (non-hydrogen) atoms. The van der Waals surface area contributed by atoms with Gasteiger partial charge in [-0.15, -0.1) is 11.6 Å². The van der Waals surface area contributed by atoms with Crippen LogP contribution in [0.15, 0.2) is 18.3 Å². The minimum absolute atomic E-state index is 0.452. The molecule has 1 aromatic heterocycles. The third kappa shape index (κ3) is 1.32. The van der Waals surface area contributed by atoms with E-state index in [9.17, 15) is 0 Å². The van der Waals surface area contributed by atoms with E-state index in [4.69, 9.17) is 23.2 Å². The van der Waals surface area contributed by atoms with Crippen molar-refractivity contribution in [2.45, 2.75) is 12.8 Å². The number of alkyl halides is 1. The van der Waals surface area contributed by atoms with Crippen molar-refractivity contribution in [2.24, 2.45) is 0 Å². The molecule has 0 atom stereocenters. The first-order valence-electron chi connectivity index (χ1n) is 4.05. The Morgan fingerprint density at radius 3 is 2.92 bits per heavy atom. The van der Waals surface area contributed by atoms with Crippen LogP contribution in [0.3, 0.4) is 0 Å². The van der Waals surface area contributed by atoms with Crippen LogP contribution in [0.5, 0.6) is 0 Å². The molecule has 0 aliphatic carbocycles. The van der Waals surface area contributed by atoms with Gasteiger partial charge in [0.05, 0.1) is 0 Å². The second kappa shape index (κ2) is 3.24. The molecule has 0 spiro atoms. The fourth-order valence-corrected chi connectivity index (χ4v) is 2.25. The van der Waals surface area contributed by atoms with E-state index in [0.717, 1.165) is 27.1 Å². The predicted molar refractivity (Wildman–Crippen MR) is 57.6 cm³/mol. The molecule has 0 saturated carbocycles. The molecule has 0 fully saturated rings. The summed E-state index contributed by atoms with van der Waals surface area (Å²) in [6.07, 6.45) is 1.91. The van der Waals surface area contributed by atoms with E-state index in [0.29, 0.717) is 5.88 Å². The van der Waals surface area contributed by atoms with Crippen LogP contribution in [0, 0.1) is 6.92 Å². The highest BCUT2D eigenvalue weighted by Crippen LogP contribution is 2.29. The molecule has 3 heteroatoms. The number of nitrogens with one attached hydrogen (secondary N) is 1. The number of aromatic amines is 1. The summed E-state index contributed by atoms with van der Waals surface area (Å²) >= 11 is 11.9. The largest absolute Gasteiger partial charge is 0.361 e. The fraction of sp³-hybridized carbons (Fsp3) is 0.200. The normalized spacial score (nSPS) is 11.0. The van der Waals surface area contributed by atoms with Gasteiger partial charge in [-0.3, -0.25) is 0 Å². The molecule has 0 bridgehead atoms. The molecule has 2 rings (SSSR count). The van der Waals surface area contributed by atoms with Gasteiger partial charge in [-0.1, -0.05) is 11.6 Å². The van der Waals surface area contributed by atoms with Crippen molar-refractivity contribution in [3.63, 3.8) is 0 Å². The van der Waals surface area contributed by atoms with E-state index in [1.54, 1.807) is 0 Å². The van der Waals surface area contributed by atoms with Crippen LogP contribution < -0.4 is 0 Å². The number of benzene rings is 1. The van der Waals surface area contributed by atoms with Crippen LogP contribution in [0.25, 0.3) is 10.9 Å². The summed E-state index contributed by atoms with van der Waals surface area (Å²) in [6, 6.07) is 3.95. The highest BCUT2D eigenvalue weighted by Gasteiger charge is 2.08. The number of aryl methyl sites for hydroxylation is 1. The lowest BCUT2D eigenvalue weighted by Gasteiger charge is -2.04. The molecular formula is C10H9Cl2N. The Morgan fingerprint density at radius 1 is 1.46 bits per heavy atom. The number of rotatable bonds is 1. The monoisotopic (exact) mass is 213 g/mol. The summed E-state index contributed by atoms with van der Waals surface area (Å²) in [5.74, 6) is 0.452. The third-order valence-corrected chi connectivity index (χ3v) is 2.84. The van der Waals surface area contributed by atoms with Gasteiger partial charge in [-0.2, -0.15) is 0 Å². The topological polar surface area (TPSA) is 15.8 Å². The molecule has 1 N–H and O–H groups in total. The average Bonchev–Trinajstić information content (AvgIpc) is 2.53. The number of halogens is 2. The highest BCUT2D eigenvalue weighted by atomic mass is 35.5. The lowest BCUT2D eigenvalue weighted by Crippen LogP contribution is -1.85. The minimum atomic E-state index is 0.452.